The quantitative estimate of drug-likeness (QED) is 0.641. The minimum absolute atomic E-state index is 0. The summed E-state index contributed by atoms with van der Waals surface area (Å²) in [5, 5.41) is 11.3. The van der Waals surface area contributed by atoms with Crippen LogP contribution in [0.5, 0.6) is 0 Å². The van der Waals surface area contributed by atoms with E-state index in [4.69, 9.17) is 5.73 Å². The number of halogens is 1. The summed E-state index contributed by atoms with van der Waals surface area (Å²) in [6.45, 7) is 4.04. The zero-order chi connectivity index (χ0) is 15.4. The number of nitrogen functional groups attached to an aromatic ring is 1. The van der Waals surface area contributed by atoms with Gasteiger partial charge >= 0.3 is 0 Å². The summed E-state index contributed by atoms with van der Waals surface area (Å²) in [7, 11) is 0. The Kier molecular flexibility index (Phi) is 3.83. The zero-order valence-corrected chi connectivity index (χ0v) is 13.1. The lowest BCUT2D eigenvalue weighted by Crippen LogP contribution is -2.28. The van der Waals surface area contributed by atoms with Crippen LogP contribution in [0, 0.1) is 15.5 Å². The number of ketones is 1. The lowest BCUT2D eigenvalue weighted by Gasteiger charge is -2.30. The normalized spacial score (nSPS) is 16.0. The highest BCUT2D eigenvalue weighted by Gasteiger charge is 2.34. The number of carbonyl (C=O) groups is 1. The van der Waals surface area contributed by atoms with E-state index in [0.29, 0.717) is 40.7 Å². The molecule has 0 saturated carbocycles. The Balaban J connectivity index is 0.00000176. The Bertz CT molecular complexity index is 802. The molecule has 22 heavy (non-hydrogen) atoms. The maximum absolute atomic E-state index is 12.3. The third kappa shape index (κ3) is 2.50. The average Bonchev–Trinajstić information content (AvgIpc) is 2.36. The van der Waals surface area contributed by atoms with Gasteiger partial charge in [0, 0.05) is 23.9 Å². The first kappa shape index (κ1) is 16.2. The average molecular weight is 322 g/mol. The van der Waals surface area contributed by atoms with Gasteiger partial charge in [0.15, 0.2) is 5.78 Å². The fraction of sp³-hybridized carbons (Fsp3) is 0.333. The number of carbonyl (C=O) groups excluding carboxylic acids is 1. The van der Waals surface area contributed by atoms with Crippen molar-refractivity contribution in [3.05, 3.63) is 39.6 Å². The molecule has 1 heterocycles. The fourth-order valence-electron chi connectivity index (χ4n) is 2.92. The predicted molar refractivity (Wildman–Crippen MR) is 86.5 cm³/mol. The van der Waals surface area contributed by atoms with Crippen LogP contribution in [0.25, 0.3) is 10.9 Å². The van der Waals surface area contributed by atoms with Crippen LogP contribution in [0.3, 0.4) is 0 Å². The van der Waals surface area contributed by atoms with Crippen LogP contribution in [-0.4, -0.2) is 15.7 Å². The Morgan fingerprint density at radius 1 is 1.32 bits per heavy atom. The predicted octanol–water partition coefficient (Wildman–Crippen LogP) is 3.30. The van der Waals surface area contributed by atoms with Crippen LogP contribution in [0.4, 0.5) is 11.4 Å². The van der Waals surface area contributed by atoms with Gasteiger partial charge in [-0.2, -0.15) is 0 Å². The molecule has 3 rings (SSSR count). The molecule has 1 aliphatic carbocycles. The molecule has 1 aromatic carbocycles. The second-order valence-corrected chi connectivity index (χ2v) is 6.25. The molecule has 2 N–H and O–H groups in total. The molecule has 0 atom stereocenters. The van der Waals surface area contributed by atoms with Crippen LogP contribution >= 0.6 is 12.4 Å². The molecule has 6 nitrogen and oxygen atoms in total. The highest BCUT2D eigenvalue weighted by Crippen LogP contribution is 2.39. The number of pyridine rings is 1. The minimum atomic E-state index is -0.483. The van der Waals surface area contributed by atoms with Crippen LogP contribution < -0.4 is 5.73 Å². The van der Waals surface area contributed by atoms with Gasteiger partial charge < -0.3 is 5.73 Å². The standard InChI is InChI=1S/C15H15N3O3.ClH/c1-15(2)6-11-13(12(19)7-15)14(16)9-5-8(18(20)21)3-4-10(9)17-11;/h3-5H,6-7H2,1-2H3,(H2,16,17);1H. The van der Waals surface area contributed by atoms with Gasteiger partial charge in [-0.25, -0.2) is 0 Å². The van der Waals surface area contributed by atoms with Crippen molar-refractivity contribution in [2.24, 2.45) is 5.41 Å². The van der Waals surface area contributed by atoms with Gasteiger partial charge in [0.2, 0.25) is 0 Å². The van der Waals surface area contributed by atoms with Gasteiger partial charge in [-0.05, 0) is 17.9 Å². The van der Waals surface area contributed by atoms with E-state index < -0.39 is 4.92 Å². The molecule has 116 valence electrons. The van der Waals surface area contributed by atoms with Gasteiger partial charge in [-0.1, -0.05) is 13.8 Å². The van der Waals surface area contributed by atoms with E-state index in [-0.39, 0.29) is 29.3 Å². The van der Waals surface area contributed by atoms with Crippen molar-refractivity contribution in [3.63, 3.8) is 0 Å². The first-order chi connectivity index (χ1) is 9.78. The third-order valence-corrected chi connectivity index (χ3v) is 3.86. The van der Waals surface area contributed by atoms with Crippen molar-refractivity contribution in [1.82, 2.24) is 4.98 Å². The lowest BCUT2D eigenvalue weighted by atomic mass is 9.75. The van der Waals surface area contributed by atoms with E-state index in [1.165, 1.54) is 12.1 Å². The number of Topliss-reactive ketones (excluding diaryl/α,β-unsaturated/α-hetero) is 1. The number of hydrogen-bond donors (Lipinski definition) is 1. The minimum Gasteiger partial charge on any atom is -0.398 e. The molecule has 0 saturated heterocycles. The number of aromatic nitrogens is 1. The van der Waals surface area contributed by atoms with E-state index in [1.54, 1.807) is 6.07 Å². The van der Waals surface area contributed by atoms with Crippen molar-refractivity contribution in [1.29, 1.82) is 0 Å². The molecule has 0 aliphatic heterocycles. The monoisotopic (exact) mass is 321 g/mol. The summed E-state index contributed by atoms with van der Waals surface area (Å²) in [5.74, 6) is -0.0420. The molecule has 0 radical (unpaired) electrons. The molecular weight excluding hydrogens is 306 g/mol. The number of hydrogen-bond acceptors (Lipinski definition) is 5. The highest BCUT2D eigenvalue weighted by molar-refractivity contribution is 6.09. The van der Waals surface area contributed by atoms with Crippen molar-refractivity contribution < 1.29 is 9.72 Å². The Morgan fingerprint density at radius 3 is 2.64 bits per heavy atom. The SMILES string of the molecule is CC1(C)CC(=O)c2c(nc3ccc([N+](=O)[O-])cc3c2N)C1.Cl. The number of nitrogens with two attached hydrogens (primary N) is 1. The summed E-state index contributed by atoms with van der Waals surface area (Å²) >= 11 is 0. The second-order valence-electron chi connectivity index (χ2n) is 6.25. The Hall–Kier alpha value is -2.21. The van der Waals surface area contributed by atoms with Crippen molar-refractivity contribution >= 4 is 40.5 Å². The van der Waals surface area contributed by atoms with Crippen LogP contribution in [0.1, 0.15) is 36.3 Å². The van der Waals surface area contributed by atoms with Gasteiger partial charge in [-0.3, -0.25) is 19.9 Å². The summed E-state index contributed by atoms with van der Waals surface area (Å²) in [4.78, 5) is 27.2. The molecule has 0 fully saturated rings. The molecule has 7 heteroatoms. The van der Waals surface area contributed by atoms with Gasteiger partial charge in [0.05, 0.1) is 27.4 Å². The maximum Gasteiger partial charge on any atom is 0.270 e. The fourth-order valence-corrected chi connectivity index (χ4v) is 2.92. The number of rotatable bonds is 1. The second kappa shape index (κ2) is 5.21. The van der Waals surface area contributed by atoms with E-state index in [9.17, 15) is 14.9 Å². The highest BCUT2D eigenvalue weighted by atomic mass is 35.5. The topological polar surface area (TPSA) is 99.1 Å². The number of benzene rings is 1. The van der Waals surface area contributed by atoms with E-state index in [0.717, 1.165) is 0 Å². The summed E-state index contributed by atoms with van der Waals surface area (Å²) in [6.07, 6.45) is 1.08. The molecule has 0 bridgehead atoms. The number of anilines is 1. The summed E-state index contributed by atoms with van der Waals surface area (Å²) < 4.78 is 0. The molecule has 1 aromatic heterocycles. The number of nitro groups is 1. The molecule has 1 aliphatic rings. The maximum atomic E-state index is 12.3. The first-order valence-corrected chi connectivity index (χ1v) is 6.68. The molecule has 0 amide bonds. The smallest absolute Gasteiger partial charge is 0.270 e. The molecule has 2 aromatic rings. The van der Waals surface area contributed by atoms with Gasteiger partial charge in [0.1, 0.15) is 0 Å². The van der Waals surface area contributed by atoms with Crippen LogP contribution in [-0.2, 0) is 6.42 Å². The third-order valence-electron chi connectivity index (χ3n) is 3.86. The van der Waals surface area contributed by atoms with Gasteiger partial charge in [0.25, 0.3) is 5.69 Å². The largest absolute Gasteiger partial charge is 0.398 e. The van der Waals surface area contributed by atoms with E-state index >= 15 is 0 Å². The van der Waals surface area contributed by atoms with Crippen LogP contribution in [0.15, 0.2) is 18.2 Å². The van der Waals surface area contributed by atoms with Crippen LogP contribution in [0.2, 0.25) is 0 Å². The van der Waals surface area contributed by atoms with E-state index in [1.807, 2.05) is 13.8 Å². The number of fused-ring (bicyclic) bond motifs is 2. The number of non-ortho nitro benzene ring substituents is 1. The van der Waals surface area contributed by atoms with Crippen molar-refractivity contribution in [2.75, 3.05) is 5.73 Å². The Morgan fingerprint density at radius 2 is 2.00 bits per heavy atom. The molecule has 0 unspecified atom stereocenters. The van der Waals surface area contributed by atoms with Crippen molar-refractivity contribution in [3.8, 4) is 0 Å². The summed E-state index contributed by atoms with van der Waals surface area (Å²) in [5.41, 5.74) is 7.92. The Labute approximate surface area is 133 Å². The summed E-state index contributed by atoms with van der Waals surface area (Å²) in [6, 6.07) is 4.36. The first-order valence-electron chi connectivity index (χ1n) is 6.68. The van der Waals surface area contributed by atoms with Crippen molar-refractivity contribution in [2.45, 2.75) is 26.7 Å². The lowest BCUT2D eigenvalue weighted by molar-refractivity contribution is -0.384. The number of nitrogens with zero attached hydrogens (tertiary/aromatic N) is 2. The zero-order valence-electron chi connectivity index (χ0n) is 12.3. The number of nitro benzene ring substituents is 1. The molecular formula is C15H16ClN3O3. The van der Waals surface area contributed by atoms with Gasteiger partial charge in [-0.15, -0.1) is 12.4 Å². The molecule has 0 spiro atoms. The van der Waals surface area contributed by atoms with E-state index in [2.05, 4.69) is 4.98 Å².